The van der Waals surface area contributed by atoms with E-state index in [4.69, 9.17) is 4.74 Å². The third kappa shape index (κ3) is 4.41. The molecule has 172 valence electrons. The highest BCUT2D eigenvalue weighted by Gasteiger charge is 2.23. The normalized spacial score (nSPS) is 11.8. The Bertz CT molecular complexity index is 1310. The van der Waals surface area contributed by atoms with Crippen molar-refractivity contribution < 1.29 is 22.7 Å². The number of aromatic nitrogens is 2. The first-order chi connectivity index (χ1) is 15.0. The largest absolute Gasteiger partial charge is 0.454 e. The van der Waals surface area contributed by atoms with Crippen molar-refractivity contribution in [2.45, 2.75) is 45.7 Å². The van der Waals surface area contributed by atoms with E-state index >= 15 is 0 Å². The Balaban J connectivity index is 1.91. The van der Waals surface area contributed by atoms with Crippen LogP contribution in [-0.4, -0.2) is 48.2 Å². The lowest BCUT2D eigenvalue weighted by Crippen LogP contribution is -2.22. The van der Waals surface area contributed by atoms with Crippen molar-refractivity contribution in [3.63, 3.8) is 0 Å². The average Bonchev–Trinajstić information content (AvgIpc) is 3.21. The number of aryl methyl sites for hydroxylation is 2. The number of thiophene rings is 1. The average molecular weight is 479 g/mol. The molecule has 0 saturated heterocycles. The number of nitrogens with zero attached hydrogens (tertiary/aromatic N) is 3. The molecular weight excluding hydrogens is 452 g/mol. The van der Waals surface area contributed by atoms with Gasteiger partial charge in [-0.3, -0.25) is 4.79 Å². The van der Waals surface area contributed by atoms with Crippen LogP contribution in [0.5, 0.6) is 0 Å². The van der Waals surface area contributed by atoms with Crippen molar-refractivity contribution in [1.29, 1.82) is 0 Å². The molecule has 0 radical (unpaired) electrons. The predicted molar refractivity (Wildman–Crippen MR) is 123 cm³/mol. The van der Waals surface area contributed by atoms with Gasteiger partial charge in [0.25, 0.3) is 0 Å². The molecule has 0 aliphatic rings. The summed E-state index contributed by atoms with van der Waals surface area (Å²) in [5.74, 6) is -0.321. The van der Waals surface area contributed by atoms with Crippen LogP contribution in [0, 0.1) is 13.8 Å². The van der Waals surface area contributed by atoms with Crippen LogP contribution < -0.4 is 5.32 Å². The second-order valence-electron chi connectivity index (χ2n) is 7.45. The zero-order valence-corrected chi connectivity index (χ0v) is 20.5. The molecule has 0 aliphatic heterocycles. The first-order valence-electron chi connectivity index (χ1n) is 9.93. The van der Waals surface area contributed by atoms with Crippen LogP contribution >= 0.6 is 11.3 Å². The molecule has 0 spiro atoms. The van der Waals surface area contributed by atoms with Gasteiger partial charge in [0.05, 0.1) is 21.5 Å². The van der Waals surface area contributed by atoms with E-state index in [1.54, 1.807) is 12.1 Å². The minimum absolute atomic E-state index is 0.0923. The molecule has 1 aromatic carbocycles. The van der Waals surface area contributed by atoms with Crippen LogP contribution in [0.15, 0.2) is 23.1 Å². The second kappa shape index (κ2) is 9.00. The number of carbonyl (C=O) groups is 2. The summed E-state index contributed by atoms with van der Waals surface area (Å²) in [5.41, 5.74) is 2.34. The number of imidazole rings is 1. The molecule has 0 aliphatic carbocycles. The van der Waals surface area contributed by atoms with Gasteiger partial charge in [0.2, 0.25) is 15.9 Å². The van der Waals surface area contributed by atoms with Crippen molar-refractivity contribution in [2.24, 2.45) is 0 Å². The zero-order valence-electron chi connectivity index (χ0n) is 18.8. The number of benzene rings is 1. The highest BCUT2D eigenvalue weighted by molar-refractivity contribution is 7.89. The SMILES string of the molecule is CCn1c(COC(=O)c2c(NC(C)=O)sc(C)c2C)nc2cc(S(=O)(=O)N(C)C)ccc21. The van der Waals surface area contributed by atoms with Gasteiger partial charge in [-0.2, -0.15) is 0 Å². The van der Waals surface area contributed by atoms with Gasteiger partial charge in [-0.05, 0) is 44.5 Å². The number of amides is 1. The van der Waals surface area contributed by atoms with Gasteiger partial charge >= 0.3 is 5.97 Å². The third-order valence-electron chi connectivity index (χ3n) is 5.10. The highest BCUT2D eigenvalue weighted by atomic mass is 32.2. The first-order valence-corrected chi connectivity index (χ1v) is 12.2. The number of hydrogen-bond donors (Lipinski definition) is 1. The minimum atomic E-state index is -3.59. The molecule has 32 heavy (non-hydrogen) atoms. The molecule has 1 N–H and O–H groups in total. The predicted octanol–water partition coefficient (Wildman–Crippen LogP) is 3.30. The van der Waals surface area contributed by atoms with E-state index < -0.39 is 16.0 Å². The summed E-state index contributed by atoms with van der Waals surface area (Å²) >= 11 is 1.32. The Hall–Kier alpha value is -2.76. The fourth-order valence-electron chi connectivity index (χ4n) is 3.32. The number of anilines is 1. The fraction of sp³-hybridized carbons (Fsp3) is 0.381. The molecular formula is C21H26N4O5S2. The topological polar surface area (TPSA) is 111 Å². The Labute approximate surface area is 191 Å². The van der Waals surface area contributed by atoms with Crippen molar-refractivity contribution in [1.82, 2.24) is 13.9 Å². The number of carbonyl (C=O) groups excluding carboxylic acids is 2. The van der Waals surface area contributed by atoms with Crippen molar-refractivity contribution in [3.05, 3.63) is 40.0 Å². The van der Waals surface area contributed by atoms with Gasteiger partial charge in [0.15, 0.2) is 0 Å². The number of sulfonamides is 1. The lowest BCUT2D eigenvalue weighted by molar-refractivity contribution is -0.114. The van der Waals surface area contributed by atoms with Crippen LogP contribution in [0.3, 0.4) is 0 Å². The number of rotatable bonds is 7. The summed E-state index contributed by atoms with van der Waals surface area (Å²) in [6, 6.07) is 4.76. The van der Waals surface area contributed by atoms with E-state index in [9.17, 15) is 18.0 Å². The fourth-order valence-corrected chi connectivity index (χ4v) is 5.33. The van der Waals surface area contributed by atoms with E-state index in [2.05, 4.69) is 10.3 Å². The van der Waals surface area contributed by atoms with Crippen LogP contribution in [0.1, 0.15) is 40.5 Å². The molecule has 2 heterocycles. The van der Waals surface area contributed by atoms with Gasteiger partial charge < -0.3 is 14.6 Å². The van der Waals surface area contributed by atoms with Crippen molar-refractivity contribution in [2.75, 3.05) is 19.4 Å². The van der Waals surface area contributed by atoms with E-state index in [0.29, 0.717) is 28.5 Å². The summed E-state index contributed by atoms with van der Waals surface area (Å²) in [7, 11) is -0.651. The molecule has 3 rings (SSSR count). The number of hydrogen-bond acceptors (Lipinski definition) is 7. The van der Waals surface area contributed by atoms with Crippen molar-refractivity contribution >= 4 is 49.3 Å². The van der Waals surface area contributed by atoms with E-state index in [-0.39, 0.29) is 17.4 Å². The number of nitrogens with one attached hydrogen (secondary N) is 1. The quantitative estimate of drug-likeness (QED) is 0.522. The number of fused-ring (bicyclic) bond motifs is 1. The van der Waals surface area contributed by atoms with Gasteiger partial charge in [0.1, 0.15) is 17.4 Å². The molecule has 3 aromatic rings. The van der Waals surface area contributed by atoms with Crippen LogP contribution in [0.4, 0.5) is 5.00 Å². The second-order valence-corrected chi connectivity index (χ2v) is 10.8. The van der Waals surface area contributed by atoms with Gasteiger partial charge in [-0.25, -0.2) is 22.5 Å². The number of ether oxygens (including phenoxy) is 1. The molecule has 0 atom stereocenters. The maximum absolute atomic E-state index is 12.8. The first kappa shape index (κ1) is 23.9. The van der Waals surface area contributed by atoms with E-state index in [0.717, 1.165) is 20.3 Å². The smallest absolute Gasteiger partial charge is 0.341 e. The Kier molecular flexibility index (Phi) is 6.72. The Morgan fingerprint density at radius 3 is 2.53 bits per heavy atom. The maximum atomic E-state index is 12.8. The summed E-state index contributed by atoms with van der Waals surface area (Å²) in [6.07, 6.45) is 0. The monoisotopic (exact) mass is 478 g/mol. The minimum Gasteiger partial charge on any atom is -0.454 e. The summed E-state index contributed by atoms with van der Waals surface area (Å²) < 4.78 is 33.4. The summed E-state index contributed by atoms with van der Waals surface area (Å²) in [4.78, 5) is 29.9. The van der Waals surface area contributed by atoms with Crippen LogP contribution in [-0.2, 0) is 32.7 Å². The standard InChI is InChI=1S/C21H26N4O5S2/c1-7-25-17-9-8-15(32(28,29)24(5)6)10-16(17)23-18(25)11-30-21(27)19-12(2)13(3)31-20(19)22-14(4)26/h8-10H,7,11H2,1-6H3,(H,22,26). The highest BCUT2D eigenvalue weighted by Crippen LogP contribution is 2.33. The van der Waals surface area contributed by atoms with Gasteiger partial charge in [-0.1, -0.05) is 0 Å². The molecule has 0 unspecified atom stereocenters. The lowest BCUT2D eigenvalue weighted by Gasteiger charge is -2.11. The Morgan fingerprint density at radius 1 is 1.25 bits per heavy atom. The summed E-state index contributed by atoms with van der Waals surface area (Å²) in [6.45, 7) is 7.47. The van der Waals surface area contributed by atoms with Gasteiger partial charge in [0, 0.05) is 32.4 Å². The molecule has 2 aromatic heterocycles. The lowest BCUT2D eigenvalue weighted by atomic mass is 10.1. The molecule has 1 amide bonds. The van der Waals surface area contributed by atoms with Crippen LogP contribution in [0.25, 0.3) is 11.0 Å². The van der Waals surface area contributed by atoms with Crippen molar-refractivity contribution in [3.8, 4) is 0 Å². The maximum Gasteiger partial charge on any atom is 0.341 e. The molecule has 11 heteroatoms. The molecule has 0 saturated carbocycles. The summed E-state index contributed by atoms with van der Waals surface area (Å²) in [5, 5.41) is 3.14. The van der Waals surface area contributed by atoms with E-state index in [1.807, 2.05) is 25.3 Å². The van der Waals surface area contributed by atoms with E-state index in [1.165, 1.54) is 38.4 Å². The third-order valence-corrected chi connectivity index (χ3v) is 8.04. The molecule has 9 nitrogen and oxygen atoms in total. The Morgan fingerprint density at radius 2 is 1.94 bits per heavy atom. The number of esters is 1. The molecule has 0 bridgehead atoms. The van der Waals surface area contributed by atoms with Gasteiger partial charge in [-0.15, -0.1) is 11.3 Å². The zero-order chi connectivity index (χ0) is 23.8. The van der Waals surface area contributed by atoms with Crippen LogP contribution in [0.2, 0.25) is 0 Å². The molecule has 0 fully saturated rings.